The molecule has 0 radical (unpaired) electrons. The predicted molar refractivity (Wildman–Crippen MR) is 110 cm³/mol. The van der Waals surface area contributed by atoms with Crippen molar-refractivity contribution in [1.82, 2.24) is 4.57 Å². The summed E-state index contributed by atoms with van der Waals surface area (Å²) in [5.74, 6) is -0.910. The minimum atomic E-state index is -2.92. The number of ketones is 1. The van der Waals surface area contributed by atoms with Crippen molar-refractivity contribution >= 4 is 5.78 Å². The Balaban J connectivity index is 1.82. The highest BCUT2D eigenvalue weighted by Crippen LogP contribution is 2.28. The molecule has 2 aromatic carbocycles. The third-order valence-electron chi connectivity index (χ3n) is 4.95. The number of halogens is 3. The van der Waals surface area contributed by atoms with Crippen LogP contribution in [0, 0.1) is 19.7 Å². The van der Waals surface area contributed by atoms with Crippen molar-refractivity contribution in [1.29, 1.82) is 0 Å². The minimum absolute atomic E-state index is 0.0228. The number of Topliss-reactive ketones (excluding diaryl/α,β-unsaturated/α-hetero) is 1. The summed E-state index contributed by atoms with van der Waals surface area (Å²) in [5, 5.41) is 18.9. The van der Waals surface area contributed by atoms with Crippen molar-refractivity contribution in [2.45, 2.75) is 33.7 Å². The molecule has 3 aromatic rings. The Morgan fingerprint density at radius 3 is 2.16 bits per heavy atom. The van der Waals surface area contributed by atoms with E-state index in [1.165, 1.54) is 12.1 Å². The molecule has 0 saturated heterocycles. The summed E-state index contributed by atoms with van der Waals surface area (Å²) in [6.07, 6.45) is 0. The van der Waals surface area contributed by atoms with Crippen molar-refractivity contribution in [2.24, 2.45) is 0 Å². The zero-order valence-corrected chi connectivity index (χ0v) is 17.4. The van der Waals surface area contributed by atoms with Crippen molar-refractivity contribution < 1.29 is 37.7 Å². The number of carbonyl (C=O) groups is 1. The Hall–Kier alpha value is -3.30. The fraction of sp³-hybridized carbons (Fsp3) is 0.261. The molecule has 0 saturated carbocycles. The Bertz CT molecular complexity index is 1080. The first kappa shape index (κ1) is 23.4. The monoisotopic (exact) mass is 449 g/mol. The van der Waals surface area contributed by atoms with Gasteiger partial charge in [-0.2, -0.15) is 8.78 Å². The molecule has 6 nitrogen and oxygen atoms in total. The maximum absolute atomic E-state index is 13.6. The normalized spacial score (nSPS) is 11.1. The van der Waals surface area contributed by atoms with Crippen molar-refractivity contribution in [3.8, 4) is 17.2 Å². The predicted octanol–water partition coefficient (Wildman–Crippen LogP) is 4.08. The molecule has 3 rings (SSSR count). The number of hydrogen-bond acceptors (Lipinski definition) is 5. The molecule has 9 heteroatoms. The number of hydrogen-bond donors (Lipinski definition) is 2. The Morgan fingerprint density at radius 1 is 1.03 bits per heavy atom. The second kappa shape index (κ2) is 9.88. The van der Waals surface area contributed by atoms with E-state index in [-0.39, 0.29) is 28.4 Å². The fourth-order valence-corrected chi connectivity index (χ4v) is 3.57. The summed E-state index contributed by atoms with van der Waals surface area (Å²) in [4.78, 5) is 12.8. The van der Waals surface area contributed by atoms with Crippen LogP contribution >= 0.6 is 0 Å². The first-order chi connectivity index (χ1) is 15.2. The number of carbonyl (C=O) groups excluding carboxylic acids is 1. The van der Waals surface area contributed by atoms with Crippen LogP contribution in [0.5, 0.6) is 11.5 Å². The average molecular weight is 449 g/mol. The molecule has 2 N–H and O–H groups in total. The molecule has 32 heavy (non-hydrogen) atoms. The molecule has 1 heterocycles. The van der Waals surface area contributed by atoms with E-state index in [4.69, 9.17) is 4.74 Å². The highest BCUT2D eigenvalue weighted by Gasteiger charge is 2.19. The van der Waals surface area contributed by atoms with E-state index in [2.05, 4.69) is 4.74 Å². The molecule has 170 valence electrons. The summed E-state index contributed by atoms with van der Waals surface area (Å²) in [5.41, 5.74) is 2.64. The maximum Gasteiger partial charge on any atom is 0.387 e. The van der Waals surface area contributed by atoms with Crippen LogP contribution in [-0.2, 0) is 13.2 Å². The Kier molecular flexibility index (Phi) is 7.22. The highest BCUT2D eigenvalue weighted by molar-refractivity contribution is 5.98. The lowest BCUT2D eigenvalue weighted by molar-refractivity contribution is -0.0498. The second-order valence-electron chi connectivity index (χ2n) is 7.07. The van der Waals surface area contributed by atoms with Gasteiger partial charge in [0.2, 0.25) is 5.78 Å². The maximum atomic E-state index is 13.6. The SMILES string of the molecule is Cc1cc(C(=O)COc2c(CO)cc(F)cc2CO)c(C)n1-c1ccc(OC(F)F)cc1. The van der Waals surface area contributed by atoms with Gasteiger partial charge in [-0.05, 0) is 56.3 Å². The van der Waals surface area contributed by atoms with Gasteiger partial charge in [0.15, 0.2) is 6.61 Å². The van der Waals surface area contributed by atoms with Crippen LogP contribution in [0.15, 0.2) is 42.5 Å². The quantitative estimate of drug-likeness (QED) is 0.481. The van der Waals surface area contributed by atoms with Gasteiger partial charge >= 0.3 is 6.61 Å². The van der Waals surface area contributed by atoms with Crippen molar-refractivity contribution in [2.75, 3.05) is 6.61 Å². The van der Waals surface area contributed by atoms with Crippen molar-refractivity contribution in [3.63, 3.8) is 0 Å². The molecule has 0 aliphatic rings. The molecule has 0 amide bonds. The van der Waals surface area contributed by atoms with Crippen LogP contribution in [0.2, 0.25) is 0 Å². The molecule has 0 bridgehead atoms. The molecular weight excluding hydrogens is 427 g/mol. The van der Waals surface area contributed by atoms with E-state index >= 15 is 0 Å². The standard InChI is InChI=1S/C23H22F3NO5/c1-13-7-20(14(2)27(13)18-3-5-19(6-4-18)32-23(25)26)21(30)12-31-22-15(10-28)8-17(24)9-16(22)11-29/h3-9,23,28-29H,10-12H2,1-2H3. The number of nitrogens with zero attached hydrogens (tertiary/aromatic N) is 1. The fourth-order valence-electron chi connectivity index (χ4n) is 3.57. The lowest BCUT2D eigenvalue weighted by Crippen LogP contribution is -2.15. The number of aryl methyl sites for hydroxylation is 1. The number of aromatic nitrogens is 1. The van der Waals surface area contributed by atoms with Gasteiger partial charge in [-0.1, -0.05) is 0 Å². The lowest BCUT2D eigenvalue weighted by Gasteiger charge is -2.14. The Morgan fingerprint density at radius 2 is 1.62 bits per heavy atom. The van der Waals surface area contributed by atoms with Gasteiger partial charge < -0.3 is 24.3 Å². The summed E-state index contributed by atoms with van der Waals surface area (Å²) in [6, 6.07) is 9.84. The van der Waals surface area contributed by atoms with Crippen LogP contribution in [-0.4, -0.2) is 33.8 Å². The van der Waals surface area contributed by atoms with Gasteiger partial charge in [-0.25, -0.2) is 4.39 Å². The summed E-state index contributed by atoms with van der Waals surface area (Å²) < 4.78 is 50.0. The molecule has 0 spiro atoms. The summed E-state index contributed by atoms with van der Waals surface area (Å²) in [6.45, 7) is -0.819. The van der Waals surface area contributed by atoms with Crippen molar-refractivity contribution in [3.05, 3.63) is 76.4 Å². The van der Waals surface area contributed by atoms with E-state index in [9.17, 15) is 28.2 Å². The van der Waals surface area contributed by atoms with E-state index in [1.54, 1.807) is 36.6 Å². The van der Waals surface area contributed by atoms with Gasteiger partial charge in [0.25, 0.3) is 0 Å². The number of benzene rings is 2. The van der Waals surface area contributed by atoms with Crippen LogP contribution in [0.25, 0.3) is 5.69 Å². The number of aliphatic hydroxyl groups is 2. The minimum Gasteiger partial charge on any atom is -0.485 e. The zero-order valence-electron chi connectivity index (χ0n) is 17.4. The molecule has 0 aliphatic heterocycles. The summed E-state index contributed by atoms with van der Waals surface area (Å²) >= 11 is 0. The van der Waals surface area contributed by atoms with E-state index in [0.29, 0.717) is 16.9 Å². The highest BCUT2D eigenvalue weighted by atomic mass is 19.3. The van der Waals surface area contributed by atoms with E-state index < -0.39 is 32.2 Å². The topological polar surface area (TPSA) is 80.9 Å². The van der Waals surface area contributed by atoms with Gasteiger partial charge in [0.05, 0.1) is 13.2 Å². The van der Waals surface area contributed by atoms with Crippen LogP contribution in [0.1, 0.15) is 32.9 Å². The molecular formula is C23H22F3NO5. The van der Waals surface area contributed by atoms with E-state index in [1.807, 2.05) is 0 Å². The molecule has 0 atom stereocenters. The van der Waals surface area contributed by atoms with Crippen LogP contribution in [0.4, 0.5) is 13.2 Å². The molecule has 0 fully saturated rings. The second-order valence-corrected chi connectivity index (χ2v) is 7.07. The lowest BCUT2D eigenvalue weighted by atomic mass is 10.1. The summed E-state index contributed by atoms with van der Waals surface area (Å²) in [7, 11) is 0. The smallest absolute Gasteiger partial charge is 0.387 e. The number of alkyl halides is 2. The van der Waals surface area contributed by atoms with Gasteiger partial charge in [0, 0.05) is 33.8 Å². The largest absolute Gasteiger partial charge is 0.485 e. The van der Waals surface area contributed by atoms with Crippen LogP contribution in [0.3, 0.4) is 0 Å². The average Bonchev–Trinajstić information content (AvgIpc) is 3.06. The van der Waals surface area contributed by atoms with E-state index in [0.717, 1.165) is 17.8 Å². The third kappa shape index (κ3) is 4.95. The van der Waals surface area contributed by atoms with Crippen LogP contribution < -0.4 is 9.47 Å². The Labute approximate surface area is 182 Å². The van der Waals surface area contributed by atoms with Gasteiger partial charge in [-0.15, -0.1) is 0 Å². The first-order valence-corrected chi connectivity index (χ1v) is 9.68. The van der Waals surface area contributed by atoms with Gasteiger partial charge in [-0.3, -0.25) is 4.79 Å². The zero-order chi connectivity index (χ0) is 23.4. The number of rotatable bonds is 9. The molecule has 0 unspecified atom stereocenters. The number of aliphatic hydroxyl groups excluding tert-OH is 2. The number of ether oxygens (including phenoxy) is 2. The van der Waals surface area contributed by atoms with Gasteiger partial charge in [0.1, 0.15) is 17.3 Å². The third-order valence-corrected chi connectivity index (χ3v) is 4.95. The molecule has 1 aromatic heterocycles. The first-order valence-electron chi connectivity index (χ1n) is 9.68. The molecule has 0 aliphatic carbocycles.